The second-order valence-electron chi connectivity index (χ2n) is 4.51. The number of nitrogens with zero attached hydrogens (tertiary/aromatic N) is 4. The lowest BCUT2D eigenvalue weighted by Gasteiger charge is -2.09. The molecular weight excluding hydrogens is 283 g/mol. The van der Waals surface area contributed by atoms with Crippen LogP contribution in [0.3, 0.4) is 0 Å². The number of rotatable bonds is 4. The van der Waals surface area contributed by atoms with Crippen molar-refractivity contribution >= 4 is 0 Å². The molecule has 6 heteroatoms. The van der Waals surface area contributed by atoms with E-state index in [1.54, 1.807) is 36.5 Å². The number of hydrogen-bond donors (Lipinski definition) is 0. The quantitative estimate of drug-likeness (QED) is 0.742. The minimum absolute atomic E-state index is 0.210. The fraction of sp³-hybridized carbons (Fsp3) is 0.0625. The molecule has 0 radical (unpaired) electrons. The van der Waals surface area contributed by atoms with E-state index in [1.165, 1.54) is 23.0 Å². The van der Waals surface area contributed by atoms with Gasteiger partial charge in [0, 0.05) is 18.3 Å². The van der Waals surface area contributed by atoms with E-state index < -0.39 is 0 Å². The number of hydrogen-bond acceptors (Lipinski definition) is 4. The number of ether oxygens (including phenoxy) is 1. The zero-order chi connectivity index (χ0) is 15.4. The lowest BCUT2D eigenvalue weighted by molar-refractivity contribution is 0.283. The van der Waals surface area contributed by atoms with Gasteiger partial charge < -0.3 is 4.74 Å². The molecule has 3 rings (SSSR count). The third kappa shape index (κ3) is 2.94. The van der Waals surface area contributed by atoms with Gasteiger partial charge in [-0.05, 0) is 23.8 Å². The van der Waals surface area contributed by atoms with Gasteiger partial charge in [-0.3, -0.25) is 0 Å². The molecule has 0 spiro atoms. The van der Waals surface area contributed by atoms with Crippen LogP contribution in [0.5, 0.6) is 5.88 Å². The average molecular weight is 294 g/mol. The van der Waals surface area contributed by atoms with Gasteiger partial charge in [-0.1, -0.05) is 12.1 Å². The van der Waals surface area contributed by atoms with Crippen molar-refractivity contribution in [3.8, 4) is 17.8 Å². The van der Waals surface area contributed by atoms with Crippen molar-refractivity contribution in [2.24, 2.45) is 0 Å². The Morgan fingerprint density at radius 3 is 2.91 bits per heavy atom. The Balaban J connectivity index is 1.82. The maximum absolute atomic E-state index is 13.1. The fourth-order valence-corrected chi connectivity index (χ4v) is 1.96. The smallest absolute Gasteiger partial charge is 0.218 e. The molecule has 108 valence electrons. The van der Waals surface area contributed by atoms with Gasteiger partial charge >= 0.3 is 0 Å². The summed E-state index contributed by atoms with van der Waals surface area (Å²) >= 11 is 0. The molecule has 0 atom stereocenters. The zero-order valence-electron chi connectivity index (χ0n) is 11.5. The van der Waals surface area contributed by atoms with E-state index >= 15 is 0 Å². The van der Waals surface area contributed by atoms with Crippen LogP contribution >= 0.6 is 0 Å². The summed E-state index contributed by atoms with van der Waals surface area (Å²) in [4.78, 5) is 4.17. The van der Waals surface area contributed by atoms with E-state index in [0.29, 0.717) is 22.8 Å². The fourth-order valence-electron chi connectivity index (χ4n) is 1.96. The summed E-state index contributed by atoms with van der Waals surface area (Å²) in [7, 11) is 0. The van der Waals surface area contributed by atoms with E-state index in [0.717, 1.165) is 0 Å². The van der Waals surface area contributed by atoms with Crippen molar-refractivity contribution in [2.75, 3.05) is 0 Å². The molecule has 2 aromatic heterocycles. The maximum atomic E-state index is 13.1. The molecule has 0 unspecified atom stereocenters. The minimum Gasteiger partial charge on any atom is -0.473 e. The third-order valence-electron chi connectivity index (χ3n) is 2.98. The molecule has 0 aliphatic heterocycles. The molecule has 22 heavy (non-hydrogen) atoms. The molecule has 1 aromatic carbocycles. The molecule has 0 aliphatic carbocycles. The Morgan fingerprint density at radius 2 is 2.09 bits per heavy atom. The summed E-state index contributed by atoms with van der Waals surface area (Å²) in [5.41, 5.74) is 1.20. The lowest BCUT2D eigenvalue weighted by Crippen LogP contribution is -2.05. The van der Waals surface area contributed by atoms with Crippen molar-refractivity contribution in [3.05, 3.63) is 71.8 Å². The summed E-state index contributed by atoms with van der Waals surface area (Å²) in [6.07, 6.45) is 3.10. The first-order valence-corrected chi connectivity index (χ1v) is 6.54. The highest BCUT2D eigenvalue weighted by Crippen LogP contribution is 2.17. The Kier molecular flexibility index (Phi) is 3.79. The SMILES string of the molecule is N#Cc1ccnc(-n2nccc2OCc2cccc(F)c2)c1. The molecule has 3 aromatic rings. The summed E-state index contributed by atoms with van der Waals surface area (Å²) in [5, 5.41) is 13.1. The molecular formula is C16H11FN4O. The van der Waals surface area contributed by atoms with Gasteiger partial charge in [-0.25, -0.2) is 9.37 Å². The van der Waals surface area contributed by atoms with E-state index in [-0.39, 0.29) is 12.4 Å². The molecule has 0 bridgehead atoms. The van der Waals surface area contributed by atoms with Crippen molar-refractivity contribution in [3.63, 3.8) is 0 Å². The maximum Gasteiger partial charge on any atom is 0.218 e. The number of halogens is 1. The van der Waals surface area contributed by atoms with Crippen LogP contribution in [0, 0.1) is 17.1 Å². The Morgan fingerprint density at radius 1 is 1.18 bits per heavy atom. The largest absolute Gasteiger partial charge is 0.473 e. The second-order valence-corrected chi connectivity index (χ2v) is 4.51. The van der Waals surface area contributed by atoms with Crippen LogP contribution in [0.25, 0.3) is 5.82 Å². The summed E-state index contributed by atoms with van der Waals surface area (Å²) in [6.45, 7) is 0.210. The predicted octanol–water partition coefficient (Wildman–Crippen LogP) is 2.86. The van der Waals surface area contributed by atoms with Crippen LogP contribution in [-0.2, 0) is 6.61 Å². The first-order valence-electron chi connectivity index (χ1n) is 6.54. The first kappa shape index (κ1) is 13.8. The van der Waals surface area contributed by atoms with Crippen molar-refractivity contribution in [1.29, 1.82) is 5.26 Å². The van der Waals surface area contributed by atoms with E-state index in [4.69, 9.17) is 10.00 Å². The first-order chi connectivity index (χ1) is 10.8. The third-order valence-corrected chi connectivity index (χ3v) is 2.98. The molecule has 0 aliphatic rings. The lowest BCUT2D eigenvalue weighted by atomic mass is 10.2. The standard InChI is InChI=1S/C16H11FN4O/c17-14-3-1-2-13(8-14)11-22-16-5-7-20-21(16)15-9-12(10-18)4-6-19-15/h1-9H,11H2. The second kappa shape index (κ2) is 6.06. The van der Waals surface area contributed by atoms with Crippen molar-refractivity contribution < 1.29 is 9.13 Å². The van der Waals surface area contributed by atoms with Gasteiger partial charge in [0.05, 0.1) is 17.8 Å². The van der Waals surface area contributed by atoms with Gasteiger partial charge in [0.15, 0.2) is 5.82 Å². The van der Waals surface area contributed by atoms with Crippen LogP contribution < -0.4 is 4.74 Å². The van der Waals surface area contributed by atoms with Crippen molar-refractivity contribution in [1.82, 2.24) is 14.8 Å². The highest BCUT2D eigenvalue weighted by atomic mass is 19.1. The minimum atomic E-state index is -0.307. The number of aromatic nitrogens is 3. The Bertz CT molecular complexity index is 838. The van der Waals surface area contributed by atoms with Gasteiger partial charge in [0.25, 0.3) is 0 Å². The average Bonchev–Trinajstić information content (AvgIpc) is 3.01. The Labute approximate surface area is 126 Å². The topological polar surface area (TPSA) is 63.7 Å². The number of benzene rings is 1. The zero-order valence-corrected chi connectivity index (χ0v) is 11.5. The Hall–Kier alpha value is -3.20. The van der Waals surface area contributed by atoms with Crippen LogP contribution in [0.4, 0.5) is 4.39 Å². The van der Waals surface area contributed by atoms with Crippen LogP contribution in [0.1, 0.15) is 11.1 Å². The molecule has 0 N–H and O–H groups in total. The summed E-state index contributed by atoms with van der Waals surface area (Å²) in [6, 6.07) is 13.2. The summed E-state index contributed by atoms with van der Waals surface area (Å²) in [5.74, 6) is 0.642. The highest BCUT2D eigenvalue weighted by Gasteiger charge is 2.08. The number of pyridine rings is 1. The molecule has 2 heterocycles. The molecule has 0 saturated carbocycles. The van der Waals surface area contributed by atoms with Crippen LogP contribution in [0.15, 0.2) is 54.9 Å². The summed E-state index contributed by atoms with van der Waals surface area (Å²) < 4.78 is 20.3. The molecule has 5 nitrogen and oxygen atoms in total. The predicted molar refractivity (Wildman–Crippen MR) is 76.8 cm³/mol. The van der Waals surface area contributed by atoms with Gasteiger partial charge in [-0.2, -0.15) is 15.0 Å². The van der Waals surface area contributed by atoms with Crippen molar-refractivity contribution in [2.45, 2.75) is 6.61 Å². The van der Waals surface area contributed by atoms with E-state index in [1.807, 2.05) is 6.07 Å². The van der Waals surface area contributed by atoms with E-state index in [9.17, 15) is 4.39 Å². The van der Waals surface area contributed by atoms with Gasteiger partial charge in [-0.15, -0.1) is 0 Å². The van der Waals surface area contributed by atoms with Crippen LogP contribution in [0.2, 0.25) is 0 Å². The molecule has 0 fully saturated rings. The van der Waals surface area contributed by atoms with E-state index in [2.05, 4.69) is 10.1 Å². The van der Waals surface area contributed by atoms with Gasteiger partial charge in [0.1, 0.15) is 12.4 Å². The molecule has 0 saturated heterocycles. The monoisotopic (exact) mass is 294 g/mol. The number of nitriles is 1. The molecule has 0 amide bonds. The normalized spacial score (nSPS) is 10.2. The van der Waals surface area contributed by atoms with Gasteiger partial charge in [0.2, 0.25) is 5.88 Å². The van der Waals surface area contributed by atoms with Crippen LogP contribution in [-0.4, -0.2) is 14.8 Å². The highest BCUT2D eigenvalue weighted by molar-refractivity contribution is 5.37.